The molecule has 2 aromatic carbocycles. The van der Waals surface area contributed by atoms with Gasteiger partial charge in [0.25, 0.3) is 0 Å². The predicted octanol–water partition coefficient (Wildman–Crippen LogP) is 7.12. The van der Waals surface area contributed by atoms with E-state index in [1.807, 2.05) is 0 Å². The minimum absolute atomic E-state index is 0.101. The van der Waals surface area contributed by atoms with Gasteiger partial charge < -0.3 is 10.0 Å². The summed E-state index contributed by atoms with van der Waals surface area (Å²) < 4.78 is 137. The third-order valence-corrected chi connectivity index (χ3v) is 12.4. The van der Waals surface area contributed by atoms with Crippen LogP contribution in [0.4, 0.5) is 35.1 Å². The highest BCUT2D eigenvalue weighted by Gasteiger charge is 2.73. The fraction of sp³-hybridized carbons (Fsp3) is 0.548. The van der Waals surface area contributed by atoms with Crippen LogP contribution in [0.1, 0.15) is 68.1 Å². The smallest absolute Gasteiger partial charge is 0.435 e. The highest BCUT2D eigenvalue weighted by Crippen LogP contribution is 2.54. The van der Waals surface area contributed by atoms with Crippen molar-refractivity contribution in [3.05, 3.63) is 65.2 Å². The Hall–Kier alpha value is -3.23. The summed E-state index contributed by atoms with van der Waals surface area (Å²) in [5.74, 6) is -2.69. The Morgan fingerprint density at radius 1 is 0.804 bits per heavy atom. The summed E-state index contributed by atoms with van der Waals surface area (Å²) in [7, 11) is -4.62. The van der Waals surface area contributed by atoms with Crippen LogP contribution >= 0.6 is 0 Å². The molecule has 6 nitrogen and oxygen atoms in total. The molecule has 0 bridgehead atoms. The number of likely N-dealkylation sites (tertiary alicyclic amines) is 1. The van der Waals surface area contributed by atoms with Crippen molar-refractivity contribution in [1.82, 2.24) is 4.90 Å². The molecule has 5 rings (SSSR count). The van der Waals surface area contributed by atoms with Crippen LogP contribution in [0.25, 0.3) is 0 Å². The average Bonchev–Trinajstić information content (AvgIpc) is 3.45. The molecule has 2 aromatic rings. The minimum atomic E-state index is -6.38. The molecule has 1 amide bonds. The van der Waals surface area contributed by atoms with Gasteiger partial charge in [-0.3, -0.25) is 9.59 Å². The molecule has 2 aliphatic carbocycles. The minimum Gasteiger partial charge on any atom is -0.481 e. The van der Waals surface area contributed by atoms with Gasteiger partial charge in [0.1, 0.15) is 10.4 Å². The molecule has 1 atom stereocenters. The Kier molecular flexibility index (Phi) is 8.51. The summed E-state index contributed by atoms with van der Waals surface area (Å²) in [5, 5.41) is 9.28. The number of alkyl halides is 8. The number of nitrogens with zero attached hydrogens (tertiary/aromatic N) is 1. The number of sulfone groups is 1. The van der Waals surface area contributed by atoms with E-state index < -0.39 is 74.1 Å². The maximum atomic E-state index is 15.3. The molecule has 15 heteroatoms. The molecule has 252 valence electrons. The van der Waals surface area contributed by atoms with Crippen molar-refractivity contribution in [2.75, 3.05) is 13.1 Å². The molecule has 3 aliphatic rings. The monoisotopic (exact) mass is 681 g/mol. The molecule has 3 fully saturated rings. The van der Waals surface area contributed by atoms with Gasteiger partial charge in [-0.2, -0.15) is 26.3 Å². The molecule has 1 N–H and O–H groups in total. The zero-order valence-corrected chi connectivity index (χ0v) is 25.1. The molecule has 0 radical (unpaired) electrons. The largest absolute Gasteiger partial charge is 0.481 e. The lowest BCUT2D eigenvalue weighted by Gasteiger charge is -2.35. The number of benzene rings is 2. The third kappa shape index (κ3) is 5.45. The van der Waals surface area contributed by atoms with Crippen LogP contribution in [0.3, 0.4) is 0 Å². The number of amides is 1. The molecule has 0 aromatic heterocycles. The van der Waals surface area contributed by atoms with Crippen LogP contribution in [-0.2, 0) is 35.5 Å². The fourth-order valence-corrected chi connectivity index (χ4v) is 8.98. The number of hydrogen-bond donors (Lipinski definition) is 1. The van der Waals surface area contributed by atoms with Crippen molar-refractivity contribution in [3.8, 4) is 0 Å². The fourth-order valence-electron chi connectivity index (χ4n) is 6.86. The first-order valence-corrected chi connectivity index (χ1v) is 16.2. The maximum absolute atomic E-state index is 15.3. The van der Waals surface area contributed by atoms with Gasteiger partial charge in [-0.25, -0.2) is 17.2 Å². The molecule has 46 heavy (non-hydrogen) atoms. The van der Waals surface area contributed by atoms with Crippen molar-refractivity contribution in [1.29, 1.82) is 0 Å². The second-order valence-corrected chi connectivity index (χ2v) is 14.7. The Bertz CT molecular complexity index is 1580. The summed E-state index contributed by atoms with van der Waals surface area (Å²) in [6.07, 6.45) is -11.2. The van der Waals surface area contributed by atoms with Crippen molar-refractivity contribution < 1.29 is 58.2 Å². The van der Waals surface area contributed by atoms with Crippen molar-refractivity contribution in [2.24, 2.45) is 11.8 Å². The molecular formula is C31H31F8NO5S. The number of carbonyl (C=O) groups is 2. The zero-order valence-electron chi connectivity index (χ0n) is 24.3. The summed E-state index contributed by atoms with van der Waals surface area (Å²) in [4.78, 5) is 25.8. The highest BCUT2D eigenvalue weighted by atomic mass is 32.2. The molecule has 2 saturated carbocycles. The van der Waals surface area contributed by atoms with E-state index in [4.69, 9.17) is 0 Å². The quantitative estimate of drug-likeness (QED) is 0.315. The van der Waals surface area contributed by atoms with E-state index in [2.05, 4.69) is 0 Å². The van der Waals surface area contributed by atoms with Gasteiger partial charge in [-0.15, -0.1) is 0 Å². The number of halogens is 8. The van der Waals surface area contributed by atoms with E-state index in [1.165, 1.54) is 23.1 Å². The van der Waals surface area contributed by atoms with Gasteiger partial charge in [0.2, 0.25) is 5.91 Å². The normalized spacial score (nSPS) is 25.6. The summed E-state index contributed by atoms with van der Waals surface area (Å²) in [6.45, 7) is -0.680. The molecule has 1 aliphatic heterocycles. The summed E-state index contributed by atoms with van der Waals surface area (Å²) in [6, 6.07) is 6.98. The third-order valence-electron chi connectivity index (χ3n) is 9.88. The van der Waals surface area contributed by atoms with Crippen molar-refractivity contribution >= 4 is 21.7 Å². The molecule has 1 unspecified atom stereocenters. The van der Waals surface area contributed by atoms with Gasteiger partial charge in [-0.05, 0) is 74.6 Å². The van der Waals surface area contributed by atoms with Crippen LogP contribution < -0.4 is 0 Å². The summed E-state index contributed by atoms with van der Waals surface area (Å²) >= 11 is 0. The van der Waals surface area contributed by atoms with Crippen molar-refractivity contribution in [2.45, 2.75) is 84.7 Å². The Morgan fingerprint density at radius 2 is 1.37 bits per heavy atom. The predicted molar refractivity (Wildman–Crippen MR) is 148 cm³/mol. The van der Waals surface area contributed by atoms with E-state index in [1.54, 1.807) is 0 Å². The number of hydrogen-bond acceptors (Lipinski definition) is 4. The second-order valence-electron chi connectivity index (χ2n) is 12.5. The molecule has 1 heterocycles. The molecule has 0 spiro atoms. The number of aliphatic carboxylic acids is 1. The lowest BCUT2D eigenvalue weighted by molar-refractivity contribution is -0.348. The highest BCUT2D eigenvalue weighted by molar-refractivity contribution is 7.92. The molecular weight excluding hydrogens is 650 g/mol. The average molecular weight is 682 g/mol. The van der Waals surface area contributed by atoms with E-state index in [0.717, 1.165) is 6.07 Å². The Labute approximate surface area is 259 Å². The summed E-state index contributed by atoms with van der Waals surface area (Å²) in [5.41, 5.74) is -9.45. The van der Waals surface area contributed by atoms with Crippen LogP contribution in [0.5, 0.6) is 0 Å². The van der Waals surface area contributed by atoms with Crippen LogP contribution in [0, 0.1) is 11.8 Å². The van der Waals surface area contributed by atoms with Crippen LogP contribution in [0.2, 0.25) is 0 Å². The standard InChI is InChI=1S/C31H31F8NO5S/c32-27(13-2-14-27)23-3-1-4-24(17-23)46(44,45)28(15-16-40(18-28)25(41)19-5-7-20(8-6-19)26(42)43)21-9-11-22(12-10-21)29(33,30(34,35)36)31(37,38)39/h1,3-4,9-12,17,19-20H,2,5-8,13-16,18H2,(H,42,43)/t19-,20-,28?. The van der Waals surface area contributed by atoms with Crippen LogP contribution in [-0.4, -0.2) is 55.7 Å². The number of rotatable bonds is 7. The van der Waals surface area contributed by atoms with Gasteiger partial charge in [0.15, 0.2) is 9.84 Å². The van der Waals surface area contributed by atoms with Gasteiger partial charge in [-0.1, -0.05) is 36.4 Å². The first kappa shape index (κ1) is 34.1. The lowest BCUT2D eigenvalue weighted by Crippen LogP contribution is -2.50. The van der Waals surface area contributed by atoms with E-state index in [0.29, 0.717) is 18.6 Å². The second kappa shape index (κ2) is 11.5. The molecule has 1 saturated heterocycles. The van der Waals surface area contributed by atoms with E-state index in [-0.39, 0.29) is 79.6 Å². The topological polar surface area (TPSA) is 91.8 Å². The maximum Gasteiger partial charge on any atom is 0.435 e. The van der Waals surface area contributed by atoms with E-state index >= 15 is 4.39 Å². The van der Waals surface area contributed by atoms with Gasteiger partial charge in [0, 0.05) is 24.6 Å². The first-order chi connectivity index (χ1) is 21.3. The van der Waals surface area contributed by atoms with Gasteiger partial charge in [0.05, 0.1) is 10.8 Å². The number of carboxylic acids is 1. The van der Waals surface area contributed by atoms with E-state index in [9.17, 15) is 53.8 Å². The Morgan fingerprint density at radius 3 is 1.87 bits per heavy atom. The zero-order chi connectivity index (χ0) is 33.9. The van der Waals surface area contributed by atoms with Crippen molar-refractivity contribution in [3.63, 3.8) is 0 Å². The first-order valence-electron chi connectivity index (χ1n) is 14.8. The van der Waals surface area contributed by atoms with Crippen LogP contribution in [0.15, 0.2) is 53.4 Å². The Balaban J connectivity index is 1.55. The SMILES string of the molecule is O=C(O)[C@H]1CC[C@H](C(=O)N2CCC(c3ccc(C(F)(C(F)(F)F)C(F)(F)F)cc3)(S(=O)(=O)c3cccc(C4(F)CCC4)c3)C2)CC1. The lowest BCUT2D eigenvalue weighted by atomic mass is 9.77. The van der Waals surface area contributed by atoms with Gasteiger partial charge >= 0.3 is 24.0 Å². The number of carboxylic acid groups (broad SMARTS) is 1. The number of carbonyl (C=O) groups excluding carboxylic acids is 1.